The van der Waals surface area contributed by atoms with Crippen molar-refractivity contribution in [2.45, 2.75) is 50.7 Å². The van der Waals surface area contributed by atoms with Gasteiger partial charge in [-0.2, -0.15) is 5.10 Å². The van der Waals surface area contributed by atoms with Gasteiger partial charge in [-0.25, -0.2) is 0 Å². The second-order valence-corrected chi connectivity index (χ2v) is 8.72. The fraction of sp³-hybridized carbons (Fsp3) is 0.320. The fourth-order valence-corrected chi connectivity index (χ4v) is 4.97. The van der Waals surface area contributed by atoms with Crippen molar-refractivity contribution in [3.05, 3.63) is 83.6 Å². The first-order chi connectivity index (χ1) is 15.3. The number of aromatic amines is 1. The Balaban J connectivity index is 1.33. The minimum absolute atomic E-state index is 0.167. The summed E-state index contributed by atoms with van der Waals surface area (Å²) in [7, 11) is 0. The van der Waals surface area contributed by atoms with E-state index in [2.05, 4.69) is 43.0 Å². The molecule has 6 nitrogen and oxygen atoms in total. The zero-order chi connectivity index (χ0) is 20.8. The summed E-state index contributed by atoms with van der Waals surface area (Å²) in [6, 6.07) is 14.7. The van der Waals surface area contributed by atoms with E-state index in [1.165, 1.54) is 11.3 Å². The third kappa shape index (κ3) is 3.32. The standard InChI is InChI=1S/C25H25N5O/c31-25(30(19-7-8-19)20-9-10-23-17(14-20)15-27-28-23)22-5-3-6-24-21(22)11-13-29(24)16-18-4-1-2-12-26-18/h1-6,11-13,15,19-20H,7-10,14,16H2,(H,27,28). The number of hydrogen-bond donors (Lipinski definition) is 1. The van der Waals surface area contributed by atoms with Crippen molar-refractivity contribution >= 4 is 16.8 Å². The molecule has 2 aliphatic carbocycles. The number of H-pyrrole nitrogens is 1. The zero-order valence-electron chi connectivity index (χ0n) is 17.4. The lowest BCUT2D eigenvalue weighted by molar-refractivity contribution is 0.0645. The van der Waals surface area contributed by atoms with Crippen LogP contribution in [0.3, 0.4) is 0 Å². The molecular weight excluding hydrogens is 386 g/mol. The van der Waals surface area contributed by atoms with Crippen molar-refractivity contribution in [2.24, 2.45) is 0 Å². The zero-order valence-corrected chi connectivity index (χ0v) is 17.4. The van der Waals surface area contributed by atoms with E-state index in [9.17, 15) is 4.79 Å². The van der Waals surface area contributed by atoms with Crippen LogP contribution >= 0.6 is 0 Å². The van der Waals surface area contributed by atoms with Crippen LogP contribution in [0.25, 0.3) is 10.9 Å². The molecule has 2 aliphatic rings. The van der Waals surface area contributed by atoms with E-state index in [0.29, 0.717) is 12.6 Å². The molecule has 4 aromatic rings. The minimum Gasteiger partial charge on any atom is -0.341 e. The molecule has 1 atom stereocenters. The van der Waals surface area contributed by atoms with Gasteiger partial charge in [-0.1, -0.05) is 12.1 Å². The van der Waals surface area contributed by atoms with Gasteiger partial charge < -0.3 is 9.47 Å². The molecule has 1 fully saturated rings. The molecule has 1 amide bonds. The van der Waals surface area contributed by atoms with Crippen molar-refractivity contribution in [2.75, 3.05) is 0 Å². The van der Waals surface area contributed by atoms with Crippen LogP contribution in [-0.2, 0) is 19.4 Å². The lowest BCUT2D eigenvalue weighted by Gasteiger charge is -2.34. The number of carbonyl (C=O) groups excluding carboxylic acids is 1. The van der Waals surface area contributed by atoms with Crippen LogP contribution in [0.4, 0.5) is 0 Å². The monoisotopic (exact) mass is 411 g/mol. The molecule has 0 radical (unpaired) electrons. The van der Waals surface area contributed by atoms with E-state index >= 15 is 0 Å². The number of benzene rings is 1. The van der Waals surface area contributed by atoms with Crippen LogP contribution in [0.1, 0.15) is 46.6 Å². The maximum absolute atomic E-state index is 13.8. The summed E-state index contributed by atoms with van der Waals surface area (Å²) in [5.74, 6) is 0.167. The molecule has 1 saturated carbocycles. The van der Waals surface area contributed by atoms with Gasteiger partial charge in [-0.05, 0) is 68.0 Å². The quantitative estimate of drug-likeness (QED) is 0.540. The summed E-state index contributed by atoms with van der Waals surface area (Å²) >= 11 is 0. The molecule has 3 aromatic heterocycles. The van der Waals surface area contributed by atoms with E-state index in [0.717, 1.165) is 54.3 Å². The third-order valence-electron chi connectivity index (χ3n) is 6.66. The maximum Gasteiger partial charge on any atom is 0.255 e. The summed E-state index contributed by atoms with van der Waals surface area (Å²) in [4.78, 5) is 20.5. The lowest BCUT2D eigenvalue weighted by Crippen LogP contribution is -2.44. The smallest absolute Gasteiger partial charge is 0.255 e. The Morgan fingerprint density at radius 2 is 2.03 bits per heavy atom. The summed E-state index contributed by atoms with van der Waals surface area (Å²) in [6.07, 6.45) is 10.9. The molecule has 1 unspecified atom stereocenters. The van der Waals surface area contributed by atoms with Gasteiger partial charge >= 0.3 is 0 Å². The normalized spacial score (nSPS) is 18.1. The van der Waals surface area contributed by atoms with Crippen LogP contribution < -0.4 is 0 Å². The van der Waals surface area contributed by atoms with Gasteiger partial charge in [0.1, 0.15) is 0 Å². The number of rotatable bonds is 5. The highest BCUT2D eigenvalue weighted by atomic mass is 16.2. The number of amides is 1. The van der Waals surface area contributed by atoms with Gasteiger partial charge in [-0.3, -0.25) is 14.9 Å². The van der Waals surface area contributed by atoms with Crippen molar-refractivity contribution in [1.82, 2.24) is 24.6 Å². The third-order valence-corrected chi connectivity index (χ3v) is 6.66. The van der Waals surface area contributed by atoms with Gasteiger partial charge in [0.05, 0.1) is 18.4 Å². The largest absolute Gasteiger partial charge is 0.341 e. The molecule has 1 N–H and O–H groups in total. The molecule has 31 heavy (non-hydrogen) atoms. The SMILES string of the molecule is O=C(c1cccc2c1ccn2Cc1ccccn1)N(C1CC1)C1CCc2[nH]ncc2C1. The summed E-state index contributed by atoms with van der Waals surface area (Å²) < 4.78 is 2.17. The Kier molecular flexibility index (Phi) is 4.37. The number of aromatic nitrogens is 4. The van der Waals surface area contributed by atoms with Crippen LogP contribution in [0.15, 0.2) is 61.1 Å². The Bertz CT molecular complexity index is 1240. The second-order valence-electron chi connectivity index (χ2n) is 8.72. The van der Waals surface area contributed by atoms with E-state index in [1.54, 1.807) is 0 Å². The molecule has 0 saturated heterocycles. The van der Waals surface area contributed by atoms with Crippen molar-refractivity contribution < 1.29 is 4.79 Å². The Labute approximate surface area is 180 Å². The average molecular weight is 412 g/mol. The first kappa shape index (κ1) is 18.4. The van der Waals surface area contributed by atoms with Crippen molar-refractivity contribution in [3.63, 3.8) is 0 Å². The highest BCUT2D eigenvalue weighted by Crippen LogP contribution is 2.35. The van der Waals surface area contributed by atoms with E-state index in [1.807, 2.05) is 42.7 Å². The van der Waals surface area contributed by atoms with Gasteiger partial charge in [0.15, 0.2) is 0 Å². The van der Waals surface area contributed by atoms with Gasteiger partial charge in [0.2, 0.25) is 0 Å². The first-order valence-corrected chi connectivity index (χ1v) is 11.1. The molecule has 6 rings (SSSR count). The molecule has 0 bridgehead atoms. The molecule has 0 aliphatic heterocycles. The molecule has 1 aromatic carbocycles. The Morgan fingerprint density at radius 1 is 1.10 bits per heavy atom. The minimum atomic E-state index is 0.167. The number of nitrogens with one attached hydrogen (secondary N) is 1. The van der Waals surface area contributed by atoms with Gasteiger partial charge in [0, 0.05) is 46.6 Å². The van der Waals surface area contributed by atoms with Crippen LogP contribution in [0, 0.1) is 0 Å². The lowest BCUT2D eigenvalue weighted by atomic mass is 9.91. The van der Waals surface area contributed by atoms with E-state index < -0.39 is 0 Å². The summed E-state index contributed by atoms with van der Waals surface area (Å²) in [6.45, 7) is 0.695. The molecular formula is C25H25N5O. The molecule has 3 heterocycles. The number of carbonyl (C=O) groups is 1. The second kappa shape index (κ2) is 7.38. The number of pyridine rings is 1. The summed E-state index contributed by atoms with van der Waals surface area (Å²) in [5.41, 5.74) is 5.38. The topological polar surface area (TPSA) is 66.8 Å². The van der Waals surface area contributed by atoms with Gasteiger partial charge in [-0.15, -0.1) is 0 Å². The molecule has 0 spiro atoms. The first-order valence-electron chi connectivity index (χ1n) is 11.1. The van der Waals surface area contributed by atoms with Crippen LogP contribution in [0.2, 0.25) is 0 Å². The number of aryl methyl sites for hydroxylation is 1. The highest BCUT2D eigenvalue weighted by molar-refractivity contribution is 6.07. The van der Waals surface area contributed by atoms with E-state index in [4.69, 9.17) is 0 Å². The van der Waals surface area contributed by atoms with Crippen LogP contribution in [-0.4, -0.2) is 42.6 Å². The summed E-state index contributed by atoms with van der Waals surface area (Å²) in [5, 5.41) is 8.33. The Morgan fingerprint density at radius 3 is 2.87 bits per heavy atom. The van der Waals surface area contributed by atoms with Crippen molar-refractivity contribution in [3.8, 4) is 0 Å². The predicted molar refractivity (Wildman–Crippen MR) is 119 cm³/mol. The highest BCUT2D eigenvalue weighted by Gasteiger charge is 2.39. The average Bonchev–Trinajstić information content (AvgIpc) is 3.37. The molecule has 6 heteroatoms. The molecule has 156 valence electrons. The predicted octanol–water partition coefficient (Wildman–Crippen LogP) is 3.97. The van der Waals surface area contributed by atoms with Gasteiger partial charge in [0.25, 0.3) is 5.91 Å². The number of hydrogen-bond acceptors (Lipinski definition) is 3. The maximum atomic E-state index is 13.8. The van der Waals surface area contributed by atoms with Crippen LogP contribution in [0.5, 0.6) is 0 Å². The van der Waals surface area contributed by atoms with E-state index in [-0.39, 0.29) is 11.9 Å². The fourth-order valence-electron chi connectivity index (χ4n) is 4.97. The number of nitrogens with zero attached hydrogens (tertiary/aromatic N) is 4. The van der Waals surface area contributed by atoms with Crippen molar-refractivity contribution in [1.29, 1.82) is 0 Å². The number of fused-ring (bicyclic) bond motifs is 2. The Hall–Kier alpha value is -3.41.